The number of carbonyl (C=O) groups excluding carboxylic acids is 2. The smallest absolute Gasteiger partial charge is 0.295 e. The monoisotopic (exact) mass is 501 g/mol. The van der Waals surface area contributed by atoms with E-state index < -0.39 is 17.7 Å². The second kappa shape index (κ2) is 10.8. The Morgan fingerprint density at radius 1 is 1.00 bits per heavy atom. The molecule has 1 aliphatic rings. The number of ether oxygens (including phenoxy) is 2. The number of carbonyl (C=O) groups is 2. The molecule has 3 aromatic rings. The van der Waals surface area contributed by atoms with Gasteiger partial charge in [0, 0.05) is 12.1 Å². The van der Waals surface area contributed by atoms with Crippen molar-refractivity contribution in [2.45, 2.75) is 33.4 Å². The second-order valence-electron chi connectivity index (χ2n) is 9.55. The summed E-state index contributed by atoms with van der Waals surface area (Å²) in [5, 5.41) is 21.1. The molecule has 0 bridgehead atoms. The first-order valence-electron chi connectivity index (χ1n) is 12.1. The van der Waals surface area contributed by atoms with Gasteiger partial charge >= 0.3 is 0 Å². The van der Waals surface area contributed by atoms with Crippen LogP contribution in [0.25, 0.3) is 5.76 Å². The van der Waals surface area contributed by atoms with Gasteiger partial charge in [0.2, 0.25) is 0 Å². The summed E-state index contributed by atoms with van der Waals surface area (Å²) in [6.07, 6.45) is 0. The Kier molecular flexibility index (Phi) is 7.53. The first-order chi connectivity index (χ1) is 17.7. The Labute approximate surface area is 216 Å². The number of aryl methyl sites for hydroxylation is 1. The van der Waals surface area contributed by atoms with Crippen LogP contribution in [0.5, 0.6) is 17.2 Å². The summed E-state index contributed by atoms with van der Waals surface area (Å²) in [5.41, 5.74) is 2.59. The maximum Gasteiger partial charge on any atom is 0.295 e. The minimum Gasteiger partial charge on any atom is -0.508 e. The number of aliphatic hydroxyl groups is 1. The van der Waals surface area contributed by atoms with Crippen LogP contribution in [0, 0.1) is 12.8 Å². The average molecular weight is 502 g/mol. The van der Waals surface area contributed by atoms with Crippen LogP contribution in [-0.2, 0) is 16.1 Å². The summed E-state index contributed by atoms with van der Waals surface area (Å²) >= 11 is 0. The number of Topliss-reactive ketones (excluding diaryl/α,β-unsaturated/α-hetero) is 1. The van der Waals surface area contributed by atoms with Gasteiger partial charge in [0.15, 0.2) is 0 Å². The second-order valence-corrected chi connectivity index (χ2v) is 9.55. The van der Waals surface area contributed by atoms with E-state index in [9.17, 15) is 19.8 Å². The molecule has 1 saturated heterocycles. The number of phenolic OH excluding ortho intramolecular Hbond substituents is 1. The maximum atomic E-state index is 13.3. The molecule has 7 nitrogen and oxygen atoms in total. The van der Waals surface area contributed by atoms with Crippen LogP contribution in [0.2, 0.25) is 0 Å². The predicted molar refractivity (Wildman–Crippen MR) is 140 cm³/mol. The Morgan fingerprint density at radius 2 is 1.68 bits per heavy atom. The molecule has 1 amide bonds. The molecule has 37 heavy (non-hydrogen) atoms. The van der Waals surface area contributed by atoms with E-state index in [4.69, 9.17) is 9.47 Å². The van der Waals surface area contributed by atoms with Crippen LogP contribution in [0.4, 0.5) is 0 Å². The van der Waals surface area contributed by atoms with Gasteiger partial charge in [-0.2, -0.15) is 0 Å². The first kappa shape index (κ1) is 25.8. The predicted octanol–water partition coefficient (Wildman–Crippen LogP) is 5.37. The molecular weight excluding hydrogens is 470 g/mol. The number of aromatic hydroxyl groups is 1. The number of methoxy groups -OCH3 is 1. The number of rotatable bonds is 8. The summed E-state index contributed by atoms with van der Waals surface area (Å²) in [7, 11) is 1.56. The van der Waals surface area contributed by atoms with Gasteiger partial charge in [0.1, 0.15) is 23.0 Å². The molecule has 1 atom stereocenters. The van der Waals surface area contributed by atoms with Crippen molar-refractivity contribution >= 4 is 17.4 Å². The molecule has 192 valence electrons. The van der Waals surface area contributed by atoms with Gasteiger partial charge in [0.25, 0.3) is 11.7 Å². The molecule has 1 heterocycles. The Hall–Kier alpha value is -4.26. The zero-order chi connectivity index (χ0) is 26.7. The van der Waals surface area contributed by atoms with Gasteiger partial charge in [-0.15, -0.1) is 0 Å². The summed E-state index contributed by atoms with van der Waals surface area (Å²) in [5.74, 6) is 0.0974. The fraction of sp³-hybridized carbons (Fsp3) is 0.267. The summed E-state index contributed by atoms with van der Waals surface area (Å²) in [6, 6.07) is 17.9. The number of aliphatic hydroxyl groups excluding tert-OH is 1. The van der Waals surface area contributed by atoms with E-state index in [1.54, 1.807) is 37.4 Å². The van der Waals surface area contributed by atoms with Gasteiger partial charge < -0.3 is 24.6 Å². The number of likely N-dealkylation sites (tertiary alicyclic amines) is 1. The highest BCUT2D eigenvalue weighted by molar-refractivity contribution is 6.46. The zero-order valence-electron chi connectivity index (χ0n) is 21.4. The molecule has 0 spiro atoms. The normalized spacial score (nSPS) is 16.9. The Bertz CT molecular complexity index is 1330. The summed E-state index contributed by atoms with van der Waals surface area (Å²) < 4.78 is 11.1. The van der Waals surface area contributed by atoms with Crippen LogP contribution >= 0.6 is 0 Å². The van der Waals surface area contributed by atoms with Gasteiger partial charge in [0.05, 0.1) is 25.3 Å². The highest BCUT2D eigenvalue weighted by atomic mass is 16.5. The van der Waals surface area contributed by atoms with Crippen molar-refractivity contribution in [3.8, 4) is 17.2 Å². The van der Waals surface area contributed by atoms with Gasteiger partial charge in [-0.1, -0.05) is 38.1 Å². The summed E-state index contributed by atoms with van der Waals surface area (Å²) in [4.78, 5) is 28.0. The highest BCUT2D eigenvalue weighted by Crippen LogP contribution is 2.41. The molecule has 0 radical (unpaired) electrons. The maximum absolute atomic E-state index is 13.3. The lowest BCUT2D eigenvalue weighted by Crippen LogP contribution is -2.29. The van der Waals surface area contributed by atoms with Crippen molar-refractivity contribution in [3.63, 3.8) is 0 Å². The number of nitrogens with zero attached hydrogens (tertiary/aromatic N) is 1. The van der Waals surface area contributed by atoms with Crippen molar-refractivity contribution in [1.29, 1.82) is 0 Å². The van der Waals surface area contributed by atoms with Crippen LogP contribution in [-0.4, -0.2) is 40.5 Å². The molecular formula is C30H31NO6. The number of hydrogen-bond donors (Lipinski definition) is 2. The van der Waals surface area contributed by atoms with Crippen molar-refractivity contribution < 1.29 is 29.3 Å². The van der Waals surface area contributed by atoms with E-state index in [0.717, 1.165) is 16.9 Å². The van der Waals surface area contributed by atoms with Crippen molar-refractivity contribution in [2.75, 3.05) is 13.7 Å². The van der Waals surface area contributed by atoms with Crippen LogP contribution in [0.1, 0.15) is 42.1 Å². The molecule has 7 heteroatoms. The minimum atomic E-state index is -0.833. The standard InChI is InChI=1S/C30H31NO6/c1-18(2)17-37-24-12-5-20(6-13-24)16-31-27(21-7-10-23(32)11-8-21)26(29(34)30(31)35)28(33)22-9-14-25(36-4)19(3)15-22/h5-15,18,27,32-33H,16-17H2,1-4H3/b28-26-. The van der Waals surface area contributed by atoms with E-state index in [0.29, 0.717) is 29.4 Å². The SMILES string of the molecule is COc1ccc(/C(O)=C2/C(=O)C(=O)N(Cc3ccc(OCC(C)C)cc3)C2c2ccc(O)cc2)cc1C. The Morgan fingerprint density at radius 3 is 2.27 bits per heavy atom. The molecule has 0 saturated carbocycles. The third kappa shape index (κ3) is 5.45. The lowest BCUT2D eigenvalue weighted by Gasteiger charge is -2.25. The quantitative estimate of drug-likeness (QED) is 0.245. The van der Waals surface area contributed by atoms with Gasteiger partial charge in [-0.25, -0.2) is 0 Å². The first-order valence-corrected chi connectivity index (χ1v) is 12.1. The number of amides is 1. The van der Waals surface area contributed by atoms with Crippen LogP contribution < -0.4 is 9.47 Å². The van der Waals surface area contributed by atoms with E-state index in [2.05, 4.69) is 13.8 Å². The number of benzene rings is 3. The van der Waals surface area contributed by atoms with E-state index in [1.165, 1.54) is 17.0 Å². The molecule has 1 aliphatic heterocycles. The molecule has 1 unspecified atom stereocenters. The number of phenols is 1. The fourth-order valence-corrected chi connectivity index (χ4v) is 4.38. The van der Waals surface area contributed by atoms with Crippen molar-refractivity contribution in [2.24, 2.45) is 5.92 Å². The zero-order valence-corrected chi connectivity index (χ0v) is 21.4. The average Bonchev–Trinajstić information content (AvgIpc) is 3.13. The highest BCUT2D eigenvalue weighted by Gasteiger charge is 2.46. The largest absolute Gasteiger partial charge is 0.508 e. The van der Waals surface area contributed by atoms with Gasteiger partial charge in [-0.05, 0) is 72.0 Å². The molecule has 0 aliphatic carbocycles. The van der Waals surface area contributed by atoms with E-state index >= 15 is 0 Å². The summed E-state index contributed by atoms with van der Waals surface area (Å²) in [6.45, 7) is 6.72. The number of hydrogen-bond acceptors (Lipinski definition) is 6. The van der Waals surface area contributed by atoms with Crippen molar-refractivity contribution in [3.05, 3.63) is 94.6 Å². The third-order valence-corrected chi connectivity index (χ3v) is 6.28. The molecule has 0 aromatic heterocycles. The van der Waals surface area contributed by atoms with Crippen LogP contribution in [0.15, 0.2) is 72.3 Å². The Balaban J connectivity index is 1.74. The van der Waals surface area contributed by atoms with Crippen LogP contribution in [0.3, 0.4) is 0 Å². The third-order valence-electron chi connectivity index (χ3n) is 6.28. The van der Waals surface area contributed by atoms with E-state index in [1.807, 2.05) is 31.2 Å². The lowest BCUT2D eigenvalue weighted by molar-refractivity contribution is -0.140. The molecule has 3 aromatic carbocycles. The number of ketones is 1. The fourth-order valence-electron chi connectivity index (χ4n) is 4.38. The van der Waals surface area contributed by atoms with Gasteiger partial charge in [-0.3, -0.25) is 9.59 Å². The molecule has 2 N–H and O–H groups in total. The minimum absolute atomic E-state index is 0.00264. The van der Waals surface area contributed by atoms with E-state index in [-0.39, 0.29) is 23.6 Å². The molecule has 1 fully saturated rings. The lowest BCUT2D eigenvalue weighted by atomic mass is 9.94. The molecule has 4 rings (SSSR count). The van der Waals surface area contributed by atoms with Crippen molar-refractivity contribution in [1.82, 2.24) is 4.90 Å². The topological polar surface area (TPSA) is 96.3 Å².